The molecule has 1 aliphatic carbocycles. The lowest BCUT2D eigenvalue weighted by Crippen LogP contribution is -2.56. The SMILES string of the molecule is O=C(O)C1CCC1N1CCNCC1. The molecule has 0 amide bonds. The predicted molar refractivity (Wildman–Crippen MR) is 48.6 cm³/mol. The number of carboxylic acids is 1. The van der Waals surface area contributed by atoms with Crippen molar-refractivity contribution >= 4 is 5.97 Å². The maximum atomic E-state index is 10.8. The molecule has 2 fully saturated rings. The molecule has 0 aromatic rings. The van der Waals surface area contributed by atoms with E-state index in [1.165, 1.54) is 0 Å². The van der Waals surface area contributed by atoms with Crippen molar-refractivity contribution in [2.45, 2.75) is 18.9 Å². The normalized spacial score (nSPS) is 35.4. The van der Waals surface area contributed by atoms with Crippen LogP contribution in [0.25, 0.3) is 0 Å². The molecule has 0 spiro atoms. The molecule has 1 heterocycles. The number of aliphatic carboxylic acids is 1. The predicted octanol–water partition coefficient (Wildman–Crippen LogP) is -0.245. The van der Waals surface area contributed by atoms with Gasteiger partial charge in [0.1, 0.15) is 0 Å². The number of hydrogen-bond donors (Lipinski definition) is 2. The van der Waals surface area contributed by atoms with Crippen LogP contribution in [0.5, 0.6) is 0 Å². The van der Waals surface area contributed by atoms with Crippen LogP contribution in [0.4, 0.5) is 0 Å². The Bertz CT molecular complexity index is 202. The van der Waals surface area contributed by atoms with E-state index < -0.39 is 5.97 Å². The molecule has 1 saturated carbocycles. The van der Waals surface area contributed by atoms with E-state index in [9.17, 15) is 4.79 Å². The van der Waals surface area contributed by atoms with E-state index in [0.717, 1.165) is 39.0 Å². The molecule has 0 aromatic carbocycles. The quantitative estimate of drug-likeness (QED) is 0.621. The minimum Gasteiger partial charge on any atom is -0.481 e. The van der Waals surface area contributed by atoms with Gasteiger partial charge in [0.05, 0.1) is 5.92 Å². The summed E-state index contributed by atoms with van der Waals surface area (Å²) in [6.07, 6.45) is 1.93. The summed E-state index contributed by atoms with van der Waals surface area (Å²) >= 11 is 0. The highest BCUT2D eigenvalue weighted by Gasteiger charge is 2.40. The Morgan fingerprint density at radius 3 is 2.46 bits per heavy atom. The van der Waals surface area contributed by atoms with Gasteiger partial charge in [-0.05, 0) is 12.8 Å². The first-order valence-electron chi connectivity index (χ1n) is 4.96. The zero-order valence-corrected chi connectivity index (χ0v) is 7.70. The van der Waals surface area contributed by atoms with Crippen LogP contribution in [0.1, 0.15) is 12.8 Å². The monoisotopic (exact) mass is 184 g/mol. The smallest absolute Gasteiger partial charge is 0.308 e. The second-order valence-corrected chi connectivity index (χ2v) is 3.88. The third-order valence-electron chi connectivity index (χ3n) is 3.18. The van der Waals surface area contributed by atoms with E-state index in [2.05, 4.69) is 10.2 Å². The minimum absolute atomic E-state index is 0.0990. The van der Waals surface area contributed by atoms with Gasteiger partial charge < -0.3 is 10.4 Å². The van der Waals surface area contributed by atoms with Crippen molar-refractivity contribution in [2.24, 2.45) is 5.92 Å². The molecule has 1 aliphatic heterocycles. The number of rotatable bonds is 2. The van der Waals surface area contributed by atoms with Gasteiger partial charge in [-0.1, -0.05) is 0 Å². The van der Waals surface area contributed by atoms with Crippen LogP contribution in [-0.4, -0.2) is 48.2 Å². The fraction of sp³-hybridized carbons (Fsp3) is 0.889. The summed E-state index contributed by atoms with van der Waals surface area (Å²) in [7, 11) is 0. The van der Waals surface area contributed by atoms with Gasteiger partial charge in [0.25, 0.3) is 0 Å². The lowest BCUT2D eigenvalue weighted by atomic mass is 9.78. The first-order valence-corrected chi connectivity index (χ1v) is 4.96. The zero-order valence-electron chi connectivity index (χ0n) is 7.70. The molecule has 2 N–H and O–H groups in total. The maximum absolute atomic E-state index is 10.8. The van der Waals surface area contributed by atoms with Gasteiger partial charge in [-0.25, -0.2) is 0 Å². The lowest BCUT2D eigenvalue weighted by molar-refractivity contribution is -0.149. The molecule has 0 bridgehead atoms. The first-order chi connectivity index (χ1) is 6.29. The number of nitrogens with one attached hydrogen (secondary N) is 1. The third kappa shape index (κ3) is 1.69. The Labute approximate surface area is 77.9 Å². The van der Waals surface area contributed by atoms with Crippen molar-refractivity contribution in [1.29, 1.82) is 0 Å². The average molecular weight is 184 g/mol. The van der Waals surface area contributed by atoms with E-state index in [4.69, 9.17) is 5.11 Å². The first kappa shape index (κ1) is 8.97. The van der Waals surface area contributed by atoms with E-state index in [0.29, 0.717) is 6.04 Å². The maximum Gasteiger partial charge on any atom is 0.308 e. The van der Waals surface area contributed by atoms with Gasteiger partial charge in [0.2, 0.25) is 0 Å². The topological polar surface area (TPSA) is 52.6 Å². The third-order valence-corrected chi connectivity index (χ3v) is 3.18. The Kier molecular flexibility index (Phi) is 2.51. The highest BCUT2D eigenvalue weighted by Crippen LogP contribution is 2.32. The molecule has 2 atom stereocenters. The largest absolute Gasteiger partial charge is 0.481 e. The van der Waals surface area contributed by atoms with Crippen molar-refractivity contribution in [3.63, 3.8) is 0 Å². The second-order valence-electron chi connectivity index (χ2n) is 3.88. The Morgan fingerprint density at radius 1 is 1.31 bits per heavy atom. The van der Waals surface area contributed by atoms with Crippen molar-refractivity contribution in [3.8, 4) is 0 Å². The van der Waals surface area contributed by atoms with Gasteiger partial charge in [-0.2, -0.15) is 0 Å². The summed E-state index contributed by atoms with van der Waals surface area (Å²) in [5.74, 6) is -0.715. The summed E-state index contributed by atoms with van der Waals surface area (Å²) in [6, 6.07) is 0.319. The molecular formula is C9H16N2O2. The van der Waals surface area contributed by atoms with Crippen molar-refractivity contribution in [1.82, 2.24) is 10.2 Å². The van der Waals surface area contributed by atoms with Gasteiger partial charge in [0.15, 0.2) is 0 Å². The Morgan fingerprint density at radius 2 is 2.00 bits per heavy atom. The van der Waals surface area contributed by atoms with Crippen molar-refractivity contribution in [3.05, 3.63) is 0 Å². The van der Waals surface area contributed by atoms with E-state index in [1.807, 2.05) is 0 Å². The summed E-state index contributed by atoms with van der Waals surface area (Å²) < 4.78 is 0. The Hall–Kier alpha value is -0.610. The van der Waals surface area contributed by atoms with Gasteiger partial charge in [-0.15, -0.1) is 0 Å². The number of hydrogen-bond acceptors (Lipinski definition) is 3. The van der Waals surface area contributed by atoms with Crippen molar-refractivity contribution < 1.29 is 9.90 Å². The molecule has 13 heavy (non-hydrogen) atoms. The number of carbonyl (C=O) groups is 1. The van der Waals surface area contributed by atoms with Crippen LogP contribution in [0.15, 0.2) is 0 Å². The van der Waals surface area contributed by atoms with E-state index in [-0.39, 0.29) is 5.92 Å². The van der Waals surface area contributed by atoms with Gasteiger partial charge in [-0.3, -0.25) is 9.69 Å². The average Bonchev–Trinajstić information content (AvgIpc) is 2.02. The molecule has 74 valence electrons. The summed E-state index contributed by atoms with van der Waals surface area (Å²) in [5, 5.41) is 12.2. The molecular weight excluding hydrogens is 168 g/mol. The molecule has 1 saturated heterocycles. The number of carboxylic acid groups (broad SMARTS) is 1. The molecule has 4 heteroatoms. The van der Waals surface area contributed by atoms with Crippen LogP contribution < -0.4 is 5.32 Å². The standard InChI is InChI=1S/C9H16N2O2/c12-9(13)7-1-2-8(7)11-5-3-10-4-6-11/h7-8,10H,1-6H2,(H,12,13). The van der Waals surface area contributed by atoms with E-state index >= 15 is 0 Å². The number of piperazine rings is 1. The van der Waals surface area contributed by atoms with Gasteiger partial charge >= 0.3 is 5.97 Å². The highest BCUT2D eigenvalue weighted by atomic mass is 16.4. The molecule has 4 nitrogen and oxygen atoms in total. The van der Waals surface area contributed by atoms with Crippen LogP contribution in [0.2, 0.25) is 0 Å². The number of nitrogens with zero attached hydrogens (tertiary/aromatic N) is 1. The minimum atomic E-state index is -0.616. The van der Waals surface area contributed by atoms with E-state index in [1.54, 1.807) is 0 Å². The molecule has 2 aliphatic rings. The van der Waals surface area contributed by atoms with Crippen LogP contribution in [0.3, 0.4) is 0 Å². The fourth-order valence-electron chi connectivity index (χ4n) is 2.22. The zero-order chi connectivity index (χ0) is 9.26. The summed E-state index contributed by atoms with van der Waals surface area (Å²) in [4.78, 5) is 13.1. The molecule has 2 unspecified atom stereocenters. The highest BCUT2D eigenvalue weighted by molar-refractivity contribution is 5.72. The summed E-state index contributed by atoms with van der Waals surface area (Å²) in [6.45, 7) is 4.02. The Balaban J connectivity index is 1.89. The molecule has 0 aromatic heterocycles. The lowest BCUT2D eigenvalue weighted by Gasteiger charge is -2.44. The van der Waals surface area contributed by atoms with Crippen molar-refractivity contribution in [2.75, 3.05) is 26.2 Å². The fourth-order valence-corrected chi connectivity index (χ4v) is 2.22. The molecule has 2 rings (SSSR count). The molecule has 0 radical (unpaired) electrons. The van der Waals surface area contributed by atoms with Crippen LogP contribution in [0, 0.1) is 5.92 Å². The van der Waals surface area contributed by atoms with Crippen LogP contribution >= 0.6 is 0 Å². The van der Waals surface area contributed by atoms with Gasteiger partial charge in [0, 0.05) is 32.2 Å². The second kappa shape index (κ2) is 3.64. The summed E-state index contributed by atoms with van der Waals surface area (Å²) in [5.41, 5.74) is 0. The van der Waals surface area contributed by atoms with Crippen LogP contribution in [-0.2, 0) is 4.79 Å².